The zero-order chi connectivity index (χ0) is 53.3. The minimum atomic E-state index is -0.977. The first-order valence-electron chi connectivity index (χ1n) is 26.0. The van der Waals surface area contributed by atoms with E-state index in [4.69, 9.17) is 16.3 Å². The molecule has 5 N–H and O–H groups in total. The van der Waals surface area contributed by atoms with E-state index < -0.39 is 41.5 Å². The first-order valence-corrected chi connectivity index (χ1v) is 27.3. The van der Waals surface area contributed by atoms with Gasteiger partial charge >= 0.3 is 0 Å². The first kappa shape index (κ1) is 54.8. The molecular weight excluding hydrogens is 976 g/mol. The number of nitrogens with zero attached hydrogens (tertiary/aromatic N) is 5. The highest BCUT2D eigenvalue weighted by molar-refractivity contribution is 7.13. The highest BCUT2D eigenvalue weighted by Crippen LogP contribution is 2.55. The van der Waals surface area contributed by atoms with Crippen LogP contribution in [0.2, 0.25) is 5.02 Å². The van der Waals surface area contributed by atoms with Crippen LogP contribution in [0.1, 0.15) is 119 Å². The Hall–Kier alpha value is -5.41. The summed E-state index contributed by atoms with van der Waals surface area (Å²) >= 11 is 7.81. The summed E-state index contributed by atoms with van der Waals surface area (Å²) < 4.78 is 6.39. The van der Waals surface area contributed by atoms with E-state index in [-0.39, 0.29) is 73.0 Å². The fraction of sp³-hybridized carbons (Fsp3) is 0.544. The molecule has 3 saturated heterocycles. The Kier molecular flexibility index (Phi) is 16.6. The topological polar surface area (TPSA) is 200 Å². The summed E-state index contributed by atoms with van der Waals surface area (Å²) in [6, 6.07) is 20.3. The lowest BCUT2D eigenvalue weighted by atomic mass is 9.49. The predicted molar refractivity (Wildman–Crippen MR) is 287 cm³/mol. The van der Waals surface area contributed by atoms with Gasteiger partial charge in [-0.2, -0.15) is 5.26 Å². The molecule has 4 amide bonds. The van der Waals surface area contributed by atoms with Gasteiger partial charge in [-0.1, -0.05) is 96.5 Å². The molecule has 0 unspecified atom stereocenters. The van der Waals surface area contributed by atoms with Gasteiger partial charge in [0.25, 0.3) is 5.91 Å². The molecule has 6 atom stereocenters. The number of unbranched alkanes of at least 4 members (excludes halogenated alkanes) is 1. The van der Waals surface area contributed by atoms with Crippen molar-refractivity contribution in [3.63, 3.8) is 0 Å². The number of benzene rings is 3. The van der Waals surface area contributed by atoms with Crippen LogP contribution >= 0.6 is 22.9 Å². The number of thiazole rings is 1. The Balaban J connectivity index is 0.779. The summed E-state index contributed by atoms with van der Waals surface area (Å²) in [5.74, 6) is -0.674. The van der Waals surface area contributed by atoms with Gasteiger partial charge in [-0.3, -0.25) is 24.1 Å². The monoisotopic (exact) mass is 1050 g/mol. The maximum Gasteiger partial charge on any atom is 0.251 e. The minimum absolute atomic E-state index is 0.0413. The lowest BCUT2D eigenvalue weighted by molar-refractivity contribution is -0.164. The maximum absolute atomic E-state index is 14.4. The number of aryl methyl sites for hydroxylation is 2. The van der Waals surface area contributed by atoms with E-state index >= 15 is 0 Å². The van der Waals surface area contributed by atoms with Crippen LogP contribution in [0.25, 0.3) is 10.4 Å². The lowest BCUT2D eigenvalue weighted by Gasteiger charge is -2.63. The maximum atomic E-state index is 14.4. The van der Waals surface area contributed by atoms with Crippen LogP contribution in [0, 0.1) is 34.5 Å². The summed E-state index contributed by atoms with van der Waals surface area (Å²) in [6.07, 6.45) is 3.86. The van der Waals surface area contributed by atoms with Crippen LogP contribution in [-0.2, 0) is 20.8 Å². The van der Waals surface area contributed by atoms with Crippen molar-refractivity contribution in [1.29, 1.82) is 5.26 Å². The SMILES string of the molecule is Cc1ncsc1-c1ccc([C@H](CO)NC(=O)[C@@H]2C[C@@H](O)CN2C(=O)[C@@H](NC(=O)CN2[C@@H]3CC[C@@H]2CN(CCCCc2ccc(C(=O)N[C@H]4C(C)(C)[C@H](Oc5ccc(C#N)c(Cl)c5)C4(C)C)cc2)C3)C(C)(C)C)cc1. The number of amides is 4. The molecule has 15 nitrogen and oxygen atoms in total. The molecule has 1 aliphatic carbocycles. The molecule has 396 valence electrons. The molecule has 2 bridgehead atoms. The van der Waals surface area contributed by atoms with Crippen molar-refractivity contribution >= 4 is 46.6 Å². The van der Waals surface area contributed by atoms with Gasteiger partial charge in [-0.25, -0.2) is 4.98 Å². The molecule has 1 aromatic heterocycles. The van der Waals surface area contributed by atoms with Gasteiger partial charge in [0.2, 0.25) is 17.7 Å². The van der Waals surface area contributed by atoms with E-state index in [2.05, 4.69) is 64.5 Å². The van der Waals surface area contributed by atoms with Crippen molar-refractivity contribution in [1.82, 2.24) is 35.6 Å². The number of nitrogens with one attached hydrogen (secondary N) is 3. The fourth-order valence-electron chi connectivity index (χ4n) is 12.3. The fourth-order valence-corrected chi connectivity index (χ4v) is 13.3. The number of aromatic nitrogens is 1. The average Bonchev–Trinajstić information content (AvgIpc) is 4.05. The molecular formula is C57H73ClN8O7S. The van der Waals surface area contributed by atoms with Gasteiger partial charge in [-0.05, 0) is 91.9 Å². The van der Waals surface area contributed by atoms with Crippen molar-refractivity contribution in [3.8, 4) is 22.3 Å². The summed E-state index contributed by atoms with van der Waals surface area (Å²) in [5.41, 5.74) is 5.17. The van der Waals surface area contributed by atoms with E-state index in [1.807, 2.05) is 76.2 Å². The largest absolute Gasteiger partial charge is 0.489 e. The second kappa shape index (κ2) is 22.4. The molecule has 3 aromatic carbocycles. The van der Waals surface area contributed by atoms with Gasteiger partial charge < -0.3 is 40.7 Å². The van der Waals surface area contributed by atoms with E-state index in [1.165, 1.54) is 10.5 Å². The third kappa shape index (κ3) is 11.8. The number of fused-ring (bicyclic) bond motifs is 2. The molecule has 74 heavy (non-hydrogen) atoms. The number of halogens is 1. The number of piperazine rings is 1. The number of hydrogen-bond donors (Lipinski definition) is 5. The van der Waals surface area contributed by atoms with Crippen LogP contribution < -0.4 is 20.7 Å². The predicted octanol–water partition coefficient (Wildman–Crippen LogP) is 7.07. The normalized spacial score (nSPS) is 24.1. The zero-order valence-corrected chi connectivity index (χ0v) is 45.6. The Morgan fingerprint density at radius 1 is 0.946 bits per heavy atom. The quantitative estimate of drug-likeness (QED) is 0.0639. The van der Waals surface area contributed by atoms with Crippen LogP contribution in [0.4, 0.5) is 0 Å². The van der Waals surface area contributed by atoms with Gasteiger partial charge in [-0.15, -0.1) is 11.3 Å². The number of nitriles is 1. The molecule has 17 heteroatoms. The molecule has 1 saturated carbocycles. The molecule has 4 fully saturated rings. The zero-order valence-electron chi connectivity index (χ0n) is 44.0. The molecule has 4 aromatic rings. The van der Waals surface area contributed by atoms with Crippen molar-refractivity contribution in [2.45, 2.75) is 142 Å². The van der Waals surface area contributed by atoms with Crippen LogP contribution in [0.15, 0.2) is 72.2 Å². The van der Waals surface area contributed by atoms with Crippen LogP contribution in [0.5, 0.6) is 5.75 Å². The molecule has 4 heterocycles. The van der Waals surface area contributed by atoms with Crippen molar-refractivity contribution < 1.29 is 34.1 Å². The highest BCUT2D eigenvalue weighted by Gasteiger charge is 2.64. The van der Waals surface area contributed by atoms with Gasteiger partial charge in [0.1, 0.15) is 30.0 Å². The number of aliphatic hydroxyl groups excluding tert-OH is 2. The summed E-state index contributed by atoms with van der Waals surface area (Å²) in [6.45, 7) is 18.4. The number of aliphatic hydroxyl groups is 2. The Bertz CT molecular complexity index is 2690. The highest BCUT2D eigenvalue weighted by atomic mass is 35.5. The third-order valence-corrected chi connectivity index (χ3v) is 17.3. The molecule has 0 radical (unpaired) electrons. The Morgan fingerprint density at radius 2 is 1.62 bits per heavy atom. The van der Waals surface area contributed by atoms with E-state index in [0.29, 0.717) is 27.5 Å². The Labute approximate surface area is 445 Å². The number of carbonyl (C=O) groups is 4. The van der Waals surface area contributed by atoms with Gasteiger partial charge in [0, 0.05) is 66.6 Å². The number of ether oxygens (including phenoxy) is 1. The molecule has 3 aliphatic heterocycles. The van der Waals surface area contributed by atoms with E-state index in [1.54, 1.807) is 35.0 Å². The molecule has 8 rings (SSSR count). The number of rotatable bonds is 18. The number of hydrogen-bond acceptors (Lipinski definition) is 12. The first-order chi connectivity index (χ1) is 35.1. The summed E-state index contributed by atoms with van der Waals surface area (Å²) in [5, 5.41) is 40.0. The van der Waals surface area contributed by atoms with Gasteiger partial charge in [0.15, 0.2) is 0 Å². The standard InChI is InChI=1S/C57H73ClN8O7S/c1-34-48(74-33-60-34)37-18-16-36(17-19-37)45(32-67)61-51(71)46-25-42(68)30-66(46)52(72)49(55(2,3)4)62-47(69)31-65-40-21-22-41(65)29-64(28-40)24-10-9-11-35-12-14-38(15-13-35)50(70)63-53-56(5,6)54(57(53,7)8)73-43-23-20-39(27-59)44(58)26-43/h12-20,23,26,33,40-42,45-46,49,53-54,67-68H,9-11,21-22,24-25,28-32H2,1-8H3,(H,61,71)(H,62,69)(H,63,70)/t40-,41-,42-,45+,46+,49-,53-,54-/m1/s1. The third-order valence-electron chi connectivity index (χ3n) is 16.0. The van der Waals surface area contributed by atoms with Crippen molar-refractivity contribution in [2.24, 2.45) is 16.2 Å². The average molecular weight is 1050 g/mol. The van der Waals surface area contributed by atoms with Crippen molar-refractivity contribution in [2.75, 3.05) is 39.3 Å². The minimum Gasteiger partial charge on any atom is -0.489 e. The van der Waals surface area contributed by atoms with E-state index in [9.17, 15) is 34.7 Å². The molecule has 4 aliphatic rings. The second-order valence-corrected chi connectivity index (χ2v) is 24.4. The van der Waals surface area contributed by atoms with E-state index in [0.717, 1.165) is 67.9 Å². The summed E-state index contributed by atoms with van der Waals surface area (Å²) in [7, 11) is 0. The second-order valence-electron chi connectivity index (χ2n) is 23.2. The lowest BCUT2D eigenvalue weighted by Crippen LogP contribution is -2.74. The van der Waals surface area contributed by atoms with Crippen LogP contribution in [-0.4, -0.2) is 135 Å². The summed E-state index contributed by atoms with van der Waals surface area (Å²) in [4.78, 5) is 67.3. The van der Waals surface area contributed by atoms with Crippen LogP contribution in [0.3, 0.4) is 0 Å². The number of β-amino-alcohol motifs (C(OH)–C–C–N with tert-alkyl or cyclic N) is 1. The smallest absolute Gasteiger partial charge is 0.251 e. The van der Waals surface area contributed by atoms with Gasteiger partial charge in [0.05, 0.1) is 52.0 Å². The Morgan fingerprint density at radius 3 is 2.22 bits per heavy atom. The van der Waals surface area contributed by atoms with Crippen molar-refractivity contribution in [3.05, 3.63) is 105 Å². The number of likely N-dealkylation sites (tertiary alicyclic amines) is 2. The number of carbonyl (C=O) groups excluding carboxylic acids is 4. The molecule has 0 spiro atoms.